The highest BCUT2D eigenvalue weighted by molar-refractivity contribution is 6.00. The molecule has 3 aliphatic heterocycles. The van der Waals surface area contributed by atoms with Crippen molar-refractivity contribution in [2.45, 2.75) is 58.4 Å². The minimum atomic E-state index is -1.51. The number of carbonyl (C=O) groups is 4. The third kappa shape index (κ3) is 12.7. The summed E-state index contributed by atoms with van der Waals surface area (Å²) >= 11 is 0. The number of para-hydroxylation sites is 1. The number of pyridine rings is 3. The van der Waals surface area contributed by atoms with Crippen LogP contribution in [-0.2, 0) is 64.0 Å². The molecule has 3 aliphatic rings. The highest BCUT2D eigenvalue weighted by atomic mass is 127. The number of fused-ring (bicyclic) bond motifs is 8. The molecule has 0 aliphatic carbocycles. The monoisotopic (exact) mass is 1390 g/mol. The van der Waals surface area contributed by atoms with E-state index < -0.39 is 61.2 Å². The fourth-order valence-corrected chi connectivity index (χ4v) is 9.59. The van der Waals surface area contributed by atoms with E-state index >= 15 is 0 Å². The van der Waals surface area contributed by atoms with E-state index in [0.717, 1.165) is 61.3 Å². The third-order valence-corrected chi connectivity index (χ3v) is 12.9. The fourth-order valence-electron chi connectivity index (χ4n) is 9.59. The van der Waals surface area contributed by atoms with Crippen molar-refractivity contribution in [3.63, 3.8) is 0 Å². The van der Waals surface area contributed by atoms with Crippen LogP contribution in [0.15, 0.2) is 122 Å². The minimum absolute atomic E-state index is 0. The molecule has 0 saturated carbocycles. The van der Waals surface area contributed by atoms with Crippen molar-refractivity contribution in [1.29, 1.82) is 0 Å². The molecule has 17 nitrogen and oxygen atoms in total. The standard InChI is InChI=1S/C58H53N7O10.3HI/c1-33(66)70-32-50-55(71-34(2)67)56(72-35(3)68)57(73-36(4)69)58(75-50)74-49-11-9-8-10-40(49)54-47-18-16-45(61-47)52(38-22-28-64(6)29-23-38)43-14-12-41(59-43)51(37-20-26-63(5)27-21-37)42-13-15-44(60-42)53(46-17-19-48(54)62-46)39-24-30-65(7)31-25-39;;;/h8-31,50,55-58H,32H2,1-7H3,(H,59,60,61,62);3*1H/q+2;;;/p-2/t50-,55-,56+,57-,58-;;;/m1.../s1. The fraction of sp³-hybridized carbons (Fsp3) is 0.224. The molecule has 0 amide bonds. The van der Waals surface area contributed by atoms with Crippen LogP contribution in [0.25, 0.3) is 90.9 Å². The summed E-state index contributed by atoms with van der Waals surface area (Å²) in [5, 5.41) is 0. The first kappa shape index (κ1) is 58.8. The molecule has 1 aromatic carbocycles. The zero-order chi connectivity index (χ0) is 52.5. The topological polar surface area (TPSA) is 193 Å². The molecule has 0 spiro atoms. The lowest BCUT2D eigenvalue weighted by Gasteiger charge is -2.44. The van der Waals surface area contributed by atoms with E-state index in [4.69, 9.17) is 38.4 Å². The van der Waals surface area contributed by atoms with Gasteiger partial charge in [-0.2, -0.15) is 0 Å². The summed E-state index contributed by atoms with van der Waals surface area (Å²) in [6.07, 6.45) is 13.0. The van der Waals surface area contributed by atoms with Crippen molar-refractivity contribution >= 4 is 70.2 Å². The van der Waals surface area contributed by atoms with Crippen molar-refractivity contribution in [3.8, 4) is 50.3 Å². The minimum Gasteiger partial charge on any atom is -1.00 e. The first-order valence-electron chi connectivity index (χ1n) is 24.3. The zero-order valence-electron chi connectivity index (χ0n) is 43.4. The molecule has 1 fully saturated rings. The number of carbonyl (C=O) groups excluding carboxylic acids is 4. The first-order valence-corrected chi connectivity index (χ1v) is 24.3. The van der Waals surface area contributed by atoms with Crippen LogP contribution < -0.4 is 90.4 Å². The highest BCUT2D eigenvalue weighted by Crippen LogP contribution is 2.42. The molecular weight excluding hydrogens is 1340 g/mol. The second kappa shape index (κ2) is 25.3. The lowest BCUT2D eigenvalue weighted by atomic mass is 9.97. The maximum Gasteiger partial charge on any atom is 0.303 e. The number of aromatic nitrogens is 7. The van der Waals surface area contributed by atoms with Crippen LogP contribution >= 0.6 is 0 Å². The molecule has 78 heavy (non-hydrogen) atoms. The van der Waals surface area contributed by atoms with E-state index in [1.165, 1.54) is 27.7 Å². The summed E-state index contributed by atoms with van der Waals surface area (Å²) in [5.74, 6) is -2.67. The Kier molecular flexibility index (Phi) is 19.0. The maximum atomic E-state index is 12.9. The molecule has 7 aromatic rings. The smallest absolute Gasteiger partial charge is 0.303 e. The Morgan fingerprint density at radius 3 is 1.27 bits per heavy atom. The molecule has 402 valence electrons. The van der Waals surface area contributed by atoms with Gasteiger partial charge in [0.1, 0.15) is 39.6 Å². The van der Waals surface area contributed by atoms with Gasteiger partial charge in [0.15, 0.2) is 49.4 Å². The van der Waals surface area contributed by atoms with Gasteiger partial charge in [-0.1, -0.05) is 18.2 Å². The van der Waals surface area contributed by atoms with Crippen LogP contribution in [-0.4, -0.2) is 81.1 Å². The summed E-state index contributed by atoms with van der Waals surface area (Å²) in [4.78, 5) is 68.7. The first-order chi connectivity index (χ1) is 36.2. The van der Waals surface area contributed by atoms with Crippen molar-refractivity contribution in [1.82, 2.24) is 19.9 Å². The van der Waals surface area contributed by atoms with Gasteiger partial charge in [-0.15, -0.1) is 0 Å². The number of rotatable bonds is 11. The Hall–Kier alpha value is -6.90. The Morgan fingerprint density at radius 2 is 0.859 bits per heavy atom. The number of aryl methyl sites for hydroxylation is 3. The van der Waals surface area contributed by atoms with Crippen LogP contribution in [0.2, 0.25) is 0 Å². The van der Waals surface area contributed by atoms with E-state index in [9.17, 15) is 19.2 Å². The normalized spacial score (nSPS) is 17.1. The highest BCUT2D eigenvalue weighted by Gasteiger charge is 2.53. The molecule has 8 bridgehead atoms. The largest absolute Gasteiger partial charge is 1.00 e. The van der Waals surface area contributed by atoms with E-state index in [2.05, 4.69) is 58.5 Å². The summed E-state index contributed by atoms with van der Waals surface area (Å²) in [5.41, 5.74) is 12.4. The summed E-state index contributed by atoms with van der Waals surface area (Å²) in [7, 11) is 5.92. The van der Waals surface area contributed by atoms with Crippen LogP contribution in [0.5, 0.6) is 5.75 Å². The quantitative estimate of drug-likeness (QED) is 0.0646. The van der Waals surface area contributed by atoms with Crippen LogP contribution in [0.3, 0.4) is 0 Å². The van der Waals surface area contributed by atoms with Crippen molar-refractivity contribution in [2.24, 2.45) is 21.1 Å². The number of hydrogen-bond acceptors (Lipinski definition) is 12. The van der Waals surface area contributed by atoms with E-state index in [1.807, 2.05) is 121 Å². The Labute approximate surface area is 500 Å². The number of H-pyrrole nitrogens is 2. The van der Waals surface area contributed by atoms with Crippen LogP contribution in [0.4, 0.5) is 0 Å². The Bertz CT molecular complexity index is 3600. The summed E-state index contributed by atoms with van der Waals surface area (Å²) < 4.78 is 41.8. The van der Waals surface area contributed by atoms with Gasteiger partial charge in [0.05, 0.1) is 22.8 Å². The van der Waals surface area contributed by atoms with E-state index in [0.29, 0.717) is 28.0 Å². The van der Waals surface area contributed by atoms with Gasteiger partial charge < -0.3 is 110 Å². The van der Waals surface area contributed by atoms with Gasteiger partial charge in [0, 0.05) is 114 Å². The van der Waals surface area contributed by atoms with Crippen LogP contribution in [0, 0.1) is 0 Å². The Balaban J connectivity index is 0.00000294. The Morgan fingerprint density at radius 1 is 0.487 bits per heavy atom. The lowest BCUT2D eigenvalue weighted by molar-refractivity contribution is -0.671. The van der Waals surface area contributed by atoms with E-state index in [1.54, 1.807) is 12.1 Å². The predicted octanol–water partition coefficient (Wildman–Crippen LogP) is -1.73. The number of halogens is 3. The van der Waals surface area contributed by atoms with Gasteiger partial charge in [0.25, 0.3) is 0 Å². The van der Waals surface area contributed by atoms with Gasteiger partial charge in [-0.25, -0.2) is 23.7 Å². The molecule has 0 unspecified atom stereocenters. The number of hydrogen-bond donors (Lipinski definition) is 2. The van der Waals surface area contributed by atoms with Crippen LogP contribution in [0.1, 0.15) is 50.5 Å². The molecule has 0 radical (unpaired) electrons. The maximum absolute atomic E-state index is 12.9. The summed E-state index contributed by atoms with van der Waals surface area (Å²) in [6, 6.07) is 27.7. The lowest BCUT2D eigenvalue weighted by Crippen LogP contribution is -3.00. The number of esters is 4. The van der Waals surface area contributed by atoms with Gasteiger partial charge >= 0.3 is 23.9 Å². The summed E-state index contributed by atoms with van der Waals surface area (Å²) in [6.45, 7) is 4.30. The molecular formula is C58H54I3N7O10. The molecule has 5 atom stereocenters. The number of nitrogens with one attached hydrogen (secondary N) is 2. The third-order valence-electron chi connectivity index (χ3n) is 12.9. The predicted molar refractivity (Wildman–Crippen MR) is 277 cm³/mol. The molecule has 10 rings (SSSR count). The SMILES string of the molecule is CC(=O)OC[C@H]1O[C@@H](Oc2ccccc2-c2c3nc(c(-c4cc[n+](C)cc4)c4ccc([nH]4)c(-c4cc[n+](C)cc4)c4nc(c(-c5cc[n+](C)cc5)c5ccc2[nH]5)C=C4)C=C3)[C@H](OC(C)=O)[C@@H](OC(C)=O)[C@@H]1OC(C)=O.[I-].[I-].[I-]. The number of nitrogens with zero attached hydrogens (tertiary/aromatic N) is 5. The number of ether oxygens (including phenoxy) is 6. The number of benzene rings is 1. The van der Waals surface area contributed by atoms with Gasteiger partial charge in [-0.05, 0) is 71.3 Å². The average molecular weight is 1390 g/mol. The van der Waals surface area contributed by atoms with Gasteiger partial charge in [-0.3, -0.25) is 19.2 Å². The molecule has 2 N–H and O–H groups in total. The van der Waals surface area contributed by atoms with Gasteiger partial charge in [0.2, 0.25) is 12.4 Å². The molecule has 20 heteroatoms. The molecule has 1 saturated heterocycles. The zero-order valence-corrected chi connectivity index (χ0v) is 49.9. The molecule has 6 aromatic heterocycles. The average Bonchev–Trinajstić information content (AvgIpc) is 4.39. The second-order valence-corrected chi connectivity index (χ2v) is 18.4. The van der Waals surface area contributed by atoms with Crippen molar-refractivity contribution < 1.29 is 133 Å². The van der Waals surface area contributed by atoms with Crippen molar-refractivity contribution in [2.75, 3.05) is 6.61 Å². The molecule has 9 heterocycles. The van der Waals surface area contributed by atoms with E-state index in [-0.39, 0.29) is 77.7 Å². The number of aromatic amines is 2. The second-order valence-electron chi connectivity index (χ2n) is 18.4. The van der Waals surface area contributed by atoms with Crippen molar-refractivity contribution in [3.05, 3.63) is 145 Å².